The van der Waals surface area contributed by atoms with Crippen LogP contribution in [0.15, 0.2) is 12.2 Å². The molecule has 0 amide bonds. The molecule has 11 heavy (non-hydrogen) atoms. The maximum absolute atomic E-state index is 10.9. The summed E-state index contributed by atoms with van der Waals surface area (Å²) in [6.07, 6.45) is 7.15. The van der Waals surface area contributed by atoms with Gasteiger partial charge in [0.1, 0.15) is 0 Å². The fraction of sp³-hybridized carbons (Fsp3) is 0.625. The molecule has 1 aliphatic carbocycles. The van der Waals surface area contributed by atoms with Crippen LogP contribution in [0.1, 0.15) is 19.3 Å². The minimum Gasteiger partial charge on any atom is -0.469 e. The molecule has 0 aliphatic heterocycles. The zero-order valence-electron chi connectivity index (χ0n) is 6.67. The molecule has 1 rings (SSSR count). The average molecular weight is 158 g/mol. The summed E-state index contributed by atoms with van der Waals surface area (Å²) in [5.41, 5.74) is 0. The molecule has 0 heterocycles. The Bertz CT molecular complexity index is 151. The maximum Gasteiger partial charge on any atom is 0.312 e. The number of hydrogen-bond acceptors (Lipinski definition) is 2. The molecule has 1 unspecified atom stereocenters. The van der Waals surface area contributed by atoms with E-state index in [1.54, 1.807) is 0 Å². The minimum absolute atomic E-state index is 0. The Kier molecular flexibility index (Phi) is 4.54. The summed E-state index contributed by atoms with van der Waals surface area (Å²) in [6.45, 7) is 0. The maximum atomic E-state index is 10.9. The van der Waals surface area contributed by atoms with Gasteiger partial charge in [-0.25, -0.2) is 0 Å². The molecule has 0 saturated carbocycles. The van der Waals surface area contributed by atoms with Gasteiger partial charge in [-0.1, -0.05) is 12.2 Å². The summed E-state index contributed by atoms with van der Waals surface area (Å²) in [4.78, 5) is 10.9. The SMILES string of the molecule is COC(=O)C1C=CCCC1.O. The number of carbonyl (C=O) groups is 1. The second kappa shape index (κ2) is 4.91. The Morgan fingerprint density at radius 3 is 2.82 bits per heavy atom. The smallest absolute Gasteiger partial charge is 0.312 e. The molecule has 0 bridgehead atoms. The molecule has 3 heteroatoms. The van der Waals surface area contributed by atoms with Gasteiger partial charge in [0.2, 0.25) is 0 Å². The zero-order valence-corrected chi connectivity index (χ0v) is 6.67. The van der Waals surface area contributed by atoms with E-state index in [-0.39, 0.29) is 17.4 Å². The lowest BCUT2D eigenvalue weighted by atomic mass is 9.96. The van der Waals surface area contributed by atoms with Crippen molar-refractivity contribution < 1.29 is 15.0 Å². The van der Waals surface area contributed by atoms with Crippen LogP contribution in [0.3, 0.4) is 0 Å². The first-order valence-electron chi connectivity index (χ1n) is 3.59. The average Bonchev–Trinajstić information content (AvgIpc) is 2.05. The van der Waals surface area contributed by atoms with Gasteiger partial charge in [-0.2, -0.15) is 0 Å². The molecule has 0 spiro atoms. The summed E-state index contributed by atoms with van der Waals surface area (Å²) < 4.78 is 4.60. The molecule has 1 aliphatic rings. The summed E-state index contributed by atoms with van der Waals surface area (Å²) >= 11 is 0. The molecule has 0 aromatic rings. The van der Waals surface area contributed by atoms with E-state index >= 15 is 0 Å². The topological polar surface area (TPSA) is 57.8 Å². The van der Waals surface area contributed by atoms with Crippen molar-refractivity contribution in [2.24, 2.45) is 5.92 Å². The van der Waals surface area contributed by atoms with E-state index in [9.17, 15) is 4.79 Å². The monoisotopic (exact) mass is 158 g/mol. The second-order valence-corrected chi connectivity index (χ2v) is 2.49. The third-order valence-electron chi connectivity index (χ3n) is 1.76. The largest absolute Gasteiger partial charge is 0.469 e. The summed E-state index contributed by atoms with van der Waals surface area (Å²) in [7, 11) is 1.44. The lowest BCUT2D eigenvalue weighted by Gasteiger charge is -2.12. The molecular formula is C8H14O3. The fourth-order valence-corrected chi connectivity index (χ4v) is 1.16. The van der Waals surface area contributed by atoms with E-state index in [1.165, 1.54) is 7.11 Å². The van der Waals surface area contributed by atoms with Crippen LogP contribution in [-0.4, -0.2) is 18.6 Å². The van der Waals surface area contributed by atoms with Gasteiger partial charge in [0.05, 0.1) is 13.0 Å². The van der Waals surface area contributed by atoms with Crippen molar-refractivity contribution in [3.63, 3.8) is 0 Å². The molecule has 0 radical (unpaired) electrons. The van der Waals surface area contributed by atoms with Gasteiger partial charge in [-0.05, 0) is 19.3 Å². The van der Waals surface area contributed by atoms with Crippen molar-refractivity contribution in [2.45, 2.75) is 19.3 Å². The highest BCUT2D eigenvalue weighted by Crippen LogP contribution is 2.17. The Balaban J connectivity index is 0.000001000. The van der Waals surface area contributed by atoms with Gasteiger partial charge in [0.25, 0.3) is 0 Å². The van der Waals surface area contributed by atoms with E-state index in [1.807, 2.05) is 12.2 Å². The minimum atomic E-state index is -0.101. The van der Waals surface area contributed by atoms with Crippen LogP contribution in [0.25, 0.3) is 0 Å². The van der Waals surface area contributed by atoms with Gasteiger partial charge in [0, 0.05) is 0 Å². The summed E-state index contributed by atoms with van der Waals surface area (Å²) in [6, 6.07) is 0. The van der Waals surface area contributed by atoms with Crippen LogP contribution in [-0.2, 0) is 9.53 Å². The third kappa shape index (κ3) is 2.72. The van der Waals surface area contributed by atoms with Crippen molar-refractivity contribution in [2.75, 3.05) is 7.11 Å². The number of methoxy groups -OCH3 is 1. The number of esters is 1. The van der Waals surface area contributed by atoms with Gasteiger partial charge >= 0.3 is 5.97 Å². The molecule has 0 aromatic carbocycles. The second-order valence-electron chi connectivity index (χ2n) is 2.49. The molecule has 0 saturated heterocycles. The van der Waals surface area contributed by atoms with Gasteiger partial charge < -0.3 is 10.2 Å². The van der Waals surface area contributed by atoms with Crippen molar-refractivity contribution in [3.05, 3.63) is 12.2 Å². The molecule has 0 aromatic heterocycles. The van der Waals surface area contributed by atoms with Crippen LogP contribution in [0.2, 0.25) is 0 Å². The lowest BCUT2D eigenvalue weighted by molar-refractivity contribution is -0.144. The number of allylic oxidation sites excluding steroid dienone is 1. The van der Waals surface area contributed by atoms with Crippen LogP contribution in [0.5, 0.6) is 0 Å². The van der Waals surface area contributed by atoms with E-state index in [2.05, 4.69) is 4.74 Å². The Labute approximate surface area is 66.4 Å². The number of rotatable bonds is 1. The highest BCUT2D eigenvalue weighted by Gasteiger charge is 2.16. The molecule has 64 valence electrons. The Morgan fingerprint density at radius 2 is 2.36 bits per heavy atom. The standard InChI is InChI=1S/C8H12O2.H2O/c1-10-8(9)7-5-3-2-4-6-7;/h3,5,7H,2,4,6H2,1H3;1H2. The quantitative estimate of drug-likeness (QED) is 0.416. The van der Waals surface area contributed by atoms with Crippen LogP contribution < -0.4 is 0 Å². The first-order chi connectivity index (χ1) is 4.84. The van der Waals surface area contributed by atoms with Crippen LogP contribution in [0.4, 0.5) is 0 Å². The Morgan fingerprint density at radius 1 is 1.64 bits per heavy atom. The molecule has 1 atom stereocenters. The molecule has 0 fully saturated rings. The normalized spacial score (nSPS) is 22.1. The van der Waals surface area contributed by atoms with Crippen LogP contribution in [0, 0.1) is 5.92 Å². The van der Waals surface area contributed by atoms with E-state index < -0.39 is 0 Å². The van der Waals surface area contributed by atoms with Gasteiger partial charge in [0.15, 0.2) is 0 Å². The van der Waals surface area contributed by atoms with Crippen molar-refractivity contribution in [1.82, 2.24) is 0 Å². The van der Waals surface area contributed by atoms with Crippen LogP contribution >= 0.6 is 0 Å². The first-order valence-corrected chi connectivity index (χ1v) is 3.59. The van der Waals surface area contributed by atoms with Crippen molar-refractivity contribution in [1.29, 1.82) is 0 Å². The predicted molar refractivity (Wildman–Crippen MR) is 42.1 cm³/mol. The summed E-state index contributed by atoms with van der Waals surface area (Å²) in [5, 5.41) is 0. The Hall–Kier alpha value is -0.830. The fourth-order valence-electron chi connectivity index (χ4n) is 1.16. The van der Waals surface area contributed by atoms with Gasteiger partial charge in [-0.15, -0.1) is 0 Å². The van der Waals surface area contributed by atoms with Crippen molar-refractivity contribution >= 4 is 5.97 Å². The van der Waals surface area contributed by atoms with Gasteiger partial charge in [-0.3, -0.25) is 4.79 Å². The highest BCUT2D eigenvalue weighted by atomic mass is 16.5. The van der Waals surface area contributed by atoms with E-state index in [0.29, 0.717) is 0 Å². The molecule has 3 nitrogen and oxygen atoms in total. The lowest BCUT2D eigenvalue weighted by Crippen LogP contribution is -2.15. The number of carbonyl (C=O) groups excluding carboxylic acids is 1. The highest BCUT2D eigenvalue weighted by molar-refractivity contribution is 5.74. The predicted octanol–water partition coefficient (Wildman–Crippen LogP) is 0.691. The summed E-state index contributed by atoms with van der Waals surface area (Å²) in [5.74, 6) is -0.0744. The zero-order chi connectivity index (χ0) is 7.40. The van der Waals surface area contributed by atoms with E-state index in [0.717, 1.165) is 19.3 Å². The third-order valence-corrected chi connectivity index (χ3v) is 1.76. The molecule has 2 N–H and O–H groups in total. The molecular weight excluding hydrogens is 144 g/mol. The number of ether oxygens (including phenoxy) is 1. The van der Waals surface area contributed by atoms with Crippen molar-refractivity contribution in [3.8, 4) is 0 Å². The first kappa shape index (κ1) is 10.2. The number of hydrogen-bond donors (Lipinski definition) is 0. The van der Waals surface area contributed by atoms with E-state index in [4.69, 9.17) is 0 Å².